The summed E-state index contributed by atoms with van der Waals surface area (Å²) in [5, 5.41) is 9.22. The molecule has 1 aliphatic carbocycles. The molecule has 0 aliphatic heterocycles. The Balaban J connectivity index is 1.76. The van der Waals surface area contributed by atoms with Crippen LogP contribution in [-0.2, 0) is 0 Å². The van der Waals surface area contributed by atoms with Crippen LogP contribution in [0.5, 0.6) is 0 Å². The summed E-state index contributed by atoms with van der Waals surface area (Å²) in [5.74, 6) is 1.55. The highest BCUT2D eigenvalue weighted by Crippen LogP contribution is 2.31. The minimum absolute atomic E-state index is 0.185. The Bertz CT molecular complexity index is 329. The second-order valence-electron chi connectivity index (χ2n) is 3.73. The number of carbonyl (C=O) groups is 1. The molecule has 1 heterocycles. The number of carbonyl (C=O) groups excluding carboxylic acids is 1. The van der Waals surface area contributed by atoms with Crippen molar-refractivity contribution in [2.75, 3.05) is 6.54 Å². The molecule has 1 aromatic heterocycles. The topological polar surface area (TPSA) is 70.7 Å². The van der Waals surface area contributed by atoms with Crippen LogP contribution in [0.15, 0.2) is 0 Å². The van der Waals surface area contributed by atoms with Gasteiger partial charge in [-0.3, -0.25) is 9.89 Å². The lowest BCUT2D eigenvalue weighted by atomic mass is 10.3. The third-order valence-electron chi connectivity index (χ3n) is 2.34. The molecule has 1 fully saturated rings. The molecule has 0 unspecified atom stereocenters. The molecular formula is C9H14N4O. The minimum Gasteiger partial charge on any atom is -0.349 e. The number of hydrogen-bond acceptors (Lipinski definition) is 3. The van der Waals surface area contributed by atoms with Gasteiger partial charge in [-0.25, -0.2) is 4.98 Å². The van der Waals surface area contributed by atoms with Crippen molar-refractivity contribution in [1.29, 1.82) is 0 Å². The van der Waals surface area contributed by atoms with Gasteiger partial charge in [-0.15, -0.1) is 5.10 Å². The number of nitrogens with one attached hydrogen (secondary N) is 2. The first-order valence-corrected chi connectivity index (χ1v) is 4.93. The number of nitrogens with zero attached hydrogens (tertiary/aromatic N) is 2. The summed E-state index contributed by atoms with van der Waals surface area (Å²) in [5.41, 5.74) is 0. The summed E-state index contributed by atoms with van der Waals surface area (Å²) >= 11 is 0. The Morgan fingerprint density at radius 1 is 1.64 bits per heavy atom. The van der Waals surface area contributed by atoms with E-state index in [0.717, 1.165) is 18.9 Å². The first-order valence-electron chi connectivity index (χ1n) is 4.93. The molecule has 0 atom stereocenters. The van der Waals surface area contributed by atoms with Crippen LogP contribution in [-0.4, -0.2) is 27.6 Å². The van der Waals surface area contributed by atoms with E-state index in [4.69, 9.17) is 0 Å². The Morgan fingerprint density at radius 3 is 3.00 bits per heavy atom. The average molecular weight is 194 g/mol. The van der Waals surface area contributed by atoms with E-state index in [0.29, 0.717) is 5.82 Å². The van der Waals surface area contributed by atoms with Crippen molar-refractivity contribution in [2.24, 2.45) is 5.92 Å². The number of amides is 1. The summed E-state index contributed by atoms with van der Waals surface area (Å²) in [6.07, 6.45) is 3.71. The lowest BCUT2D eigenvalue weighted by Crippen LogP contribution is -2.25. The van der Waals surface area contributed by atoms with Gasteiger partial charge in [0.25, 0.3) is 5.91 Å². The van der Waals surface area contributed by atoms with Gasteiger partial charge in [-0.05, 0) is 19.3 Å². The Labute approximate surface area is 82.3 Å². The highest BCUT2D eigenvalue weighted by molar-refractivity contribution is 5.90. The molecule has 1 aromatic rings. The van der Waals surface area contributed by atoms with Crippen molar-refractivity contribution in [2.45, 2.75) is 26.2 Å². The van der Waals surface area contributed by atoms with Gasteiger partial charge in [0.2, 0.25) is 5.82 Å². The van der Waals surface area contributed by atoms with Gasteiger partial charge in [0.05, 0.1) is 0 Å². The van der Waals surface area contributed by atoms with Gasteiger partial charge in [0, 0.05) is 6.54 Å². The fourth-order valence-corrected chi connectivity index (χ4v) is 1.32. The maximum absolute atomic E-state index is 11.4. The molecule has 5 nitrogen and oxygen atoms in total. The van der Waals surface area contributed by atoms with Gasteiger partial charge in [0.1, 0.15) is 5.82 Å². The molecule has 1 amide bonds. The molecule has 2 rings (SSSR count). The van der Waals surface area contributed by atoms with E-state index in [2.05, 4.69) is 20.5 Å². The number of H-pyrrole nitrogens is 1. The third-order valence-corrected chi connectivity index (χ3v) is 2.34. The van der Waals surface area contributed by atoms with Gasteiger partial charge < -0.3 is 5.32 Å². The Kier molecular flexibility index (Phi) is 2.47. The van der Waals surface area contributed by atoms with Gasteiger partial charge in [-0.1, -0.05) is 12.8 Å². The van der Waals surface area contributed by atoms with Crippen molar-refractivity contribution in [3.63, 3.8) is 0 Å². The van der Waals surface area contributed by atoms with Gasteiger partial charge in [-0.2, -0.15) is 0 Å². The van der Waals surface area contributed by atoms with E-state index in [9.17, 15) is 4.79 Å². The fourth-order valence-electron chi connectivity index (χ4n) is 1.32. The minimum atomic E-state index is -0.185. The normalized spacial score (nSPS) is 15.5. The van der Waals surface area contributed by atoms with Crippen molar-refractivity contribution in [1.82, 2.24) is 20.5 Å². The summed E-state index contributed by atoms with van der Waals surface area (Å²) in [4.78, 5) is 15.3. The molecule has 0 aromatic carbocycles. The van der Waals surface area contributed by atoms with E-state index in [1.807, 2.05) is 0 Å². The van der Waals surface area contributed by atoms with Crippen LogP contribution in [0.25, 0.3) is 0 Å². The second kappa shape index (κ2) is 3.77. The zero-order valence-corrected chi connectivity index (χ0v) is 8.21. The molecule has 5 heteroatoms. The van der Waals surface area contributed by atoms with Crippen molar-refractivity contribution in [3.05, 3.63) is 11.6 Å². The average Bonchev–Trinajstić information content (AvgIpc) is 2.87. The predicted octanol–water partition coefficient (Wildman–Crippen LogP) is 0.643. The summed E-state index contributed by atoms with van der Waals surface area (Å²) in [6.45, 7) is 2.51. The maximum Gasteiger partial charge on any atom is 0.290 e. The first-order chi connectivity index (χ1) is 6.75. The van der Waals surface area contributed by atoms with E-state index < -0.39 is 0 Å². The van der Waals surface area contributed by atoms with Gasteiger partial charge in [0.15, 0.2) is 0 Å². The van der Waals surface area contributed by atoms with E-state index in [1.165, 1.54) is 12.8 Å². The standard InChI is InChI=1S/C9H14N4O/c1-6-11-8(13-12-6)9(14)10-5-4-7-2-3-7/h7H,2-5H2,1H3,(H,10,14)(H,11,12,13). The number of aromatic amines is 1. The number of aromatic nitrogens is 3. The molecule has 0 spiro atoms. The molecule has 76 valence electrons. The van der Waals surface area contributed by atoms with Crippen molar-refractivity contribution in [3.8, 4) is 0 Å². The van der Waals surface area contributed by atoms with Crippen LogP contribution in [0.1, 0.15) is 35.7 Å². The van der Waals surface area contributed by atoms with Crippen LogP contribution in [0.2, 0.25) is 0 Å². The van der Waals surface area contributed by atoms with Crippen LogP contribution in [0.4, 0.5) is 0 Å². The lowest BCUT2D eigenvalue weighted by molar-refractivity contribution is 0.0942. The SMILES string of the molecule is Cc1nc(C(=O)NCCC2CC2)n[nH]1. The lowest BCUT2D eigenvalue weighted by Gasteiger charge is -1.99. The zero-order valence-electron chi connectivity index (χ0n) is 8.21. The highest BCUT2D eigenvalue weighted by atomic mass is 16.2. The van der Waals surface area contributed by atoms with Crippen LogP contribution in [0, 0.1) is 12.8 Å². The fraction of sp³-hybridized carbons (Fsp3) is 0.667. The van der Waals surface area contributed by atoms with Crippen LogP contribution < -0.4 is 5.32 Å². The Hall–Kier alpha value is -1.39. The Morgan fingerprint density at radius 2 is 2.43 bits per heavy atom. The summed E-state index contributed by atoms with van der Waals surface area (Å²) in [6, 6.07) is 0. The predicted molar refractivity (Wildman–Crippen MR) is 50.8 cm³/mol. The molecule has 2 N–H and O–H groups in total. The maximum atomic E-state index is 11.4. The second-order valence-corrected chi connectivity index (χ2v) is 3.73. The number of rotatable bonds is 4. The largest absolute Gasteiger partial charge is 0.349 e. The highest BCUT2D eigenvalue weighted by Gasteiger charge is 2.21. The molecule has 1 saturated carbocycles. The van der Waals surface area contributed by atoms with E-state index >= 15 is 0 Å². The number of aryl methyl sites for hydroxylation is 1. The smallest absolute Gasteiger partial charge is 0.290 e. The molecule has 14 heavy (non-hydrogen) atoms. The van der Waals surface area contributed by atoms with Crippen LogP contribution in [0.3, 0.4) is 0 Å². The third kappa shape index (κ3) is 2.31. The number of hydrogen-bond donors (Lipinski definition) is 2. The summed E-state index contributed by atoms with van der Waals surface area (Å²) < 4.78 is 0. The van der Waals surface area contributed by atoms with Gasteiger partial charge >= 0.3 is 0 Å². The first kappa shape index (κ1) is 9.18. The molecule has 0 saturated heterocycles. The van der Waals surface area contributed by atoms with E-state index in [-0.39, 0.29) is 11.7 Å². The van der Waals surface area contributed by atoms with Crippen molar-refractivity contribution >= 4 is 5.91 Å². The monoisotopic (exact) mass is 194 g/mol. The molecule has 0 bridgehead atoms. The molecule has 0 radical (unpaired) electrons. The van der Waals surface area contributed by atoms with Crippen molar-refractivity contribution < 1.29 is 4.79 Å². The zero-order chi connectivity index (χ0) is 9.97. The van der Waals surface area contributed by atoms with E-state index in [1.54, 1.807) is 6.92 Å². The van der Waals surface area contributed by atoms with Crippen LogP contribution >= 0.6 is 0 Å². The summed E-state index contributed by atoms with van der Waals surface area (Å²) in [7, 11) is 0. The molecular weight excluding hydrogens is 180 g/mol. The molecule has 1 aliphatic rings. The quantitative estimate of drug-likeness (QED) is 0.739.